The van der Waals surface area contributed by atoms with Gasteiger partial charge >= 0.3 is 0 Å². The molecule has 2 heterocycles. The smallest absolute Gasteiger partial charge is 0.169 e. The van der Waals surface area contributed by atoms with Gasteiger partial charge in [-0.2, -0.15) is 5.10 Å². The summed E-state index contributed by atoms with van der Waals surface area (Å²) in [5, 5.41) is 4.62. The maximum absolute atomic E-state index is 12.6. The molecular formula is C16H22N2O. The summed E-state index contributed by atoms with van der Waals surface area (Å²) in [4.78, 5) is 12.6. The minimum Gasteiger partial charge on any atom is -0.294 e. The number of rotatable bonds is 5. The lowest BCUT2D eigenvalue weighted by Crippen LogP contribution is -2.13. The molecule has 3 heteroatoms. The van der Waals surface area contributed by atoms with Crippen molar-refractivity contribution in [3.05, 3.63) is 35.7 Å². The quantitative estimate of drug-likeness (QED) is 0.757. The Morgan fingerprint density at radius 2 is 2.00 bits per heavy atom. The van der Waals surface area contributed by atoms with E-state index in [1.807, 2.05) is 35.8 Å². The van der Waals surface area contributed by atoms with Crippen LogP contribution in [0.1, 0.15) is 62.5 Å². The second-order valence-corrected chi connectivity index (χ2v) is 5.27. The lowest BCUT2D eigenvalue weighted by atomic mass is 9.91. The van der Waals surface area contributed by atoms with Gasteiger partial charge in [0, 0.05) is 18.0 Å². The van der Waals surface area contributed by atoms with E-state index in [0.717, 1.165) is 29.6 Å². The highest BCUT2D eigenvalue weighted by molar-refractivity contribution is 6.04. The molecule has 2 rings (SSSR count). The van der Waals surface area contributed by atoms with Gasteiger partial charge in [0.25, 0.3) is 0 Å². The van der Waals surface area contributed by atoms with E-state index < -0.39 is 0 Å². The van der Waals surface area contributed by atoms with Gasteiger partial charge in [-0.1, -0.05) is 33.8 Å². The van der Waals surface area contributed by atoms with E-state index in [4.69, 9.17) is 0 Å². The lowest BCUT2D eigenvalue weighted by molar-refractivity contribution is 0.0927. The first-order valence-corrected chi connectivity index (χ1v) is 7.11. The number of pyridine rings is 1. The first kappa shape index (κ1) is 13.8. The van der Waals surface area contributed by atoms with E-state index in [0.29, 0.717) is 5.92 Å². The molecule has 2 aromatic rings. The minimum atomic E-state index is 0.0519. The molecule has 0 saturated heterocycles. The molecule has 2 aromatic heterocycles. The Kier molecular flexibility index (Phi) is 4.03. The number of fused-ring (bicyclic) bond motifs is 1. The van der Waals surface area contributed by atoms with E-state index in [1.54, 1.807) is 0 Å². The molecule has 0 fully saturated rings. The van der Waals surface area contributed by atoms with Crippen LogP contribution in [-0.4, -0.2) is 15.4 Å². The molecular weight excluding hydrogens is 236 g/mol. The van der Waals surface area contributed by atoms with Crippen molar-refractivity contribution >= 4 is 11.3 Å². The highest BCUT2D eigenvalue weighted by atomic mass is 16.1. The van der Waals surface area contributed by atoms with E-state index in [9.17, 15) is 4.79 Å². The van der Waals surface area contributed by atoms with Crippen molar-refractivity contribution in [2.24, 2.45) is 5.92 Å². The van der Waals surface area contributed by atoms with Crippen molar-refractivity contribution in [1.29, 1.82) is 0 Å². The highest BCUT2D eigenvalue weighted by Gasteiger charge is 2.25. The number of carbonyl (C=O) groups excluding carboxylic acids is 1. The average molecular weight is 258 g/mol. The molecule has 0 aromatic carbocycles. The number of hydrogen-bond acceptors (Lipinski definition) is 2. The molecule has 0 aliphatic rings. The topological polar surface area (TPSA) is 34.4 Å². The number of nitrogens with zero attached hydrogens (tertiary/aromatic N) is 2. The third-order valence-corrected chi connectivity index (χ3v) is 3.95. The van der Waals surface area contributed by atoms with Crippen LogP contribution >= 0.6 is 0 Å². The van der Waals surface area contributed by atoms with E-state index in [1.165, 1.54) is 0 Å². The maximum Gasteiger partial charge on any atom is 0.169 e. The Morgan fingerprint density at radius 3 is 2.63 bits per heavy atom. The Bertz CT molecular complexity index is 585. The summed E-state index contributed by atoms with van der Waals surface area (Å²) in [7, 11) is 0. The first-order valence-electron chi connectivity index (χ1n) is 7.11. The van der Waals surface area contributed by atoms with Crippen molar-refractivity contribution in [2.45, 2.75) is 46.5 Å². The average Bonchev–Trinajstić information content (AvgIpc) is 2.84. The fourth-order valence-electron chi connectivity index (χ4n) is 2.24. The van der Waals surface area contributed by atoms with Gasteiger partial charge in [0.2, 0.25) is 0 Å². The molecule has 0 amide bonds. The molecule has 0 aliphatic heterocycles. The van der Waals surface area contributed by atoms with Gasteiger partial charge in [-0.15, -0.1) is 0 Å². The van der Waals surface area contributed by atoms with Crippen LogP contribution in [0.3, 0.4) is 0 Å². The summed E-state index contributed by atoms with van der Waals surface area (Å²) >= 11 is 0. The number of aromatic nitrogens is 2. The Morgan fingerprint density at radius 1 is 1.26 bits per heavy atom. The molecule has 2 atom stereocenters. The fourth-order valence-corrected chi connectivity index (χ4v) is 2.24. The summed E-state index contributed by atoms with van der Waals surface area (Å²) in [6, 6.07) is 5.89. The van der Waals surface area contributed by atoms with E-state index >= 15 is 0 Å². The van der Waals surface area contributed by atoms with Crippen LogP contribution in [0, 0.1) is 5.92 Å². The fraction of sp³-hybridized carbons (Fsp3) is 0.500. The zero-order valence-corrected chi connectivity index (χ0v) is 12.2. The molecule has 0 spiro atoms. The second-order valence-electron chi connectivity index (χ2n) is 5.27. The molecule has 0 radical (unpaired) electrons. The maximum atomic E-state index is 12.6. The largest absolute Gasteiger partial charge is 0.294 e. The molecule has 0 aliphatic carbocycles. The zero-order valence-electron chi connectivity index (χ0n) is 12.2. The third-order valence-electron chi connectivity index (χ3n) is 3.95. The van der Waals surface area contributed by atoms with Gasteiger partial charge in [0.15, 0.2) is 5.78 Å². The summed E-state index contributed by atoms with van der Waals surface area (Å²) in [6.07, 6.45) is 3.77. The molecule has 0 bridgehead atoms. The van der Waals surface area contributed by atoms with Gasteiger partial charge in [0.05, 0.1) is 16.8 Å². The first-order chi connectivity index (χ1) is 9.10. The van der Waals surface area contributed by atoms with Crippen LogP contribution in [0.15, 0.2) is 24.4 Å². The van der Waals surface area contributed by atoms with Crippen molar-refractivity contribution in [1.82, 2.24) is 9.61 Å². The third kappa shape index (κ3) is 2.42. The van der Waals surface area contributed by atoms with Crippen LogP contribution in [0.2, 0.25) is 0 Å². The Hall–Kier alpha value is -1.64. The van der Waals surface area contributed by atoms with Gasteiger partial charge in [-0.3, -0.25) is 4.79 Å². The molecule has 102 valence electrons. The van der Waals surface area contributed by atoms with Gasteiger partial charge < -0.3 is 0 Å². The highest BCUT2D eigenvalue weighted by Crippen LogP contribution is 2.28. The summed E-state index contributed by atoms with van der Waals surface area (Å²) in [6.45, 7) is 8.31. The molecule has 0 saturated carbocycles. The van der Waals surface area contributed by atoms with Gasteiger partial charge in [-0.05, 0) is 25.0 Å². The molecule has 0 N–H and O–H groups in total. The normalized spacial score (nSPS) is 14.5. The Labute approximate surface area is 114 Å². The SMILES string of the molecule is CCC(C)C(=O)c1c(C(C)CC)nn2ccccc12. The van der Waals surface area contributed by atoms with Crippen LogP contribution in [0.4, 0.5) is 0 Å². The second kappa shape index (κ2) is 5.55. The van der Waals surface area contributed by atoms with Crippen LogP contribution in [0.5, 0.6) is 0 Å². The minimum absolute atomic E-state index is 0.0519. The number of ketones is 1. The Balaban J connectivity index is 2.64. The monoisotopic (exact) mass is 258 g/mol. The van der Waals surface area contributed by atoms with Crippen LogP contribution in [-0.2, 0) is 0 Å². The summed E-state index contributed by atoms with van der Waals surface area (Å²) in [5.41, 5.74) is 2.70. The molecule has 19 heavy (non-hydrogen) atoms. The van der Waals surface area contributed by atoms with Crippen molar-refractivity contribution in [3.8, 4) is 0 Å². The zero-order chi connectivity index (χ0) is 14.0. The standard InChI is InChI=1S/C16H22N2O/c1-5-11(3)15-14(16(19)12(4)6-2)13-9-7-8-10-18(13)17-15/h7-12H,5-6H2,1-4H3. The van der Waals surface area contributed by atoms with Gasteiger partial charge in [-0.25, -0.2) is 4.52 Å². The number of carbonyl (C=O) groups is 1. The van der Waals surface area contributed by atoms with Crippen molar-refractivity contribution < 1.29 is 4.79 Å². The van der Waals surface area contributed by atoms with Crippen LogP contribution in [0.25, 0.3) is 5.52 Å². The van der Waals surface area contributed by atoms with Crippen molar-refractivity contribution in [3.63, 3.8) is 0 Å². The number of Topliss-reactive ketones (excluding diaryl/α,β-unsaturated/α-hetero) is 1. The molecule has 2 unspecified atom stereocenters. The van der Waals surface area contributed by atoms with Gasteiger partial charge in [0.1, 0.15) is 0 Å². The number of hydrogen-bond donors (Lipinski definition) is 0. The summed E-state index contributed by atoms with van der Waals surface area (Å²) < 4.78 is 1.83. The lowest BCUT2D eigenvalue weighted by Gasteiger charge is -2.11. The van der Waals surface area contributed by atoms with E-state index in [-0.39, 0.29) is 11.7 Å². The van der Waals surface area contributed by atoms with Crippen LogP contribution < -0.4 is 0 Å². The summed E-state index contributed by atoms with van der Waals surface area (Å²) in [5.74, 6) is 0.581. The predicted octanol–water partition coefficient (Wildman–Crippen LogP) is 4.08. The van der Waals surface area contributed by atoms with Crippen molar-refractivity contribution in [2.75, 3.05) is 0 Å². The molecule has 3 nitrogen and oxygen atoms in total. The van der Waals surface area contributed by atoms with E-state index in [2.05, 4.69) is 25.9 Å². The predicted molar refractivity (Wildman–Crippen MR) is 77.7 cm³/mol.